The number of morpholine rings is 1. The Morgan fingerprint density at radius 3 is 2.53 bits per heavy atom. The van der Waals surface area contributed by atoms with Crippen molar-refractivity contribution in [1.29, 1.82) is 0 Å². The molecular formula is C19H21F4IN4O2. The summed E-state index contributed by atoms with van der Waals surface area (Å²) in [5.41, 5.74) is 6.84. The lowest BCUT2D eigenvalue weighted by molar-refractivity contribution is -0.274. The maximum absolute atomic E-state index is 14.4. The van der Waals surface area contributed by atoms with Crippen molar-refractivity contribution in [3.63, 3.8) is 0 Å². The molecule has 0 saturated carbocycles. The highest BCUT2D eigenvalue weighted by Crippen LogP contribution is 2.29. The molecule has 3 N–H and O–H groups in total. The first-order chi connectivity index (χ1) is 13.8. The number of alkyl halides is 3. The van der Waals surface area contributed by atoms with Crippen LogP contribution in [0, 0.1) is 5.82 Å². The number of rotatable bonds is 5. The van der Waals surface area contributed by atoms with Gasteiger partial charge in [0.2, 0.25) is 0 Å². The molecule has 6 nitrogen and oxygen atoms in total. The van der Waals surface area contributed by atoms with Crippen LogP contribution in [-0.2, 0) is 11.3 Å². The largest absolute Gasteiger partial charge is 0.573 e. The fourth-order valence-electron chi connectivity index (χ4n) is 2.85. The third kappa shape index (κ3) is 6.90. The molecule has 0 atom stereocenters. The Bertz CT molecular complexity index is 874. The van der Waals surface area contributed by atoms with Gasteiger partial charge in [0.25, 0.3) is 0 Å². The molecule has 1 aliphatic heterocycles. The zero-order valence-electron chi connectivity index (χ0n) is 15.8. The number of nitrogens with one attached hydrogen (secondary N) is 1. The molecule has 2 aromatic carbocycles. The van der Waals surface area contributed by atoms with Crippen molar-refractivity contribution in [3.05, 3.63) is 53.8 Å². The van der Waals surface area contributed by atoms with E-state index in [1.54, 1.807) is 12.1 Å². The summed E-state index contributed by atoms with van der Waals surface area (Å²) in [5, 5.41) is 2.57. The van der Waals surface area contributed by atoms with Crippen molar-refractivity contribution in [1.82, 2.24) is 0 Å². The fraction of sp³-hybridized carbons (Fsp3) is 0.316. The van der Waals surface area contributed by atoms with Crippen molar-refractivity contribution >= 4 is 41.3 Å². The fourth-order valence-corrected chi connectivity index (χ4v) is 2.85. The molecule has 11 heteroatoms. The molecule has 1 saturated heterocycles. The van der Waals surface area contributed by atoms with Gasteiger partial charge in [-0.05, 0) is 29.8 Å². The van der Waals surface area contributed by atoms with Crippen LogP contribution in [-0.4, -0.2) is 38.6 Å². The van der Waals surface area contributed by atoms with E-state index in [9.17, 15) is 17.6 Å². The molecule has 3 rings (SSSR count). The maximum atomic E-state index is 14.4. The molecule has 1 fully saturated rings. The minimum absolute atomic E-state index is 0. The minimum atomic E-state index is -4.83. The Morgan fingerprint density at radius 2 is 1.87 bits per heavy atom. The number of halogens is 5. The molecule has 2 aromatic rings. The Kier molecular flexibility index (Phi) is 8.53. The van der Waals surface area contributed by atoms with Crippen LogP contribution < -0.4 is 20.7 Å². The molecule has 0 bridgehead atoms. The molecule has 164 valence electrons. The highest BCUT2D eigenvalue weighted by atomic mass is 127. The second-order valence-electron chi connectivity index (χ2n) is 6.26. The summed E-state index contributed by atoms with van der Waals surface area (Å²) in [7, 11) is 0. The standard InChI is InChI=1S/C19H20F4N4O2.HI/c20-14-11-13(5-6-16(14)27-7-9-28-10-8-27)12-25-18(24)26-15-3-1-2-4-17(15)29-19(21,22)23;/h1-6,11H,7-10,12H2,(H3,24,25,26);1H. The number of hydrogen-bond donors (Lipinski definition) is 2. The average Bonchev–Trinajstić information content (AvgIpc) is 2.67. The van der Waals surface area contributed by atoms with Crippen LogP contribution in [0.2, 0.25) is 0 Å². The maximum Gasteiger partial charge on any atom is 0.573 e. The van der Waals surface area contributed by atoms with Gasteiger partial charge < -0.3 is 25.4 Å². The summed E-state index contributed by atoms with van der Waals surface area (Å²) in [4.78, 5) is 5.96. The Morgan fingerprint density at radius 1 is 1.17 bits per heavy atom. The summed E-state index contributed by atoms with van der Waals surface area (Å²) in [5.74, 6) is -0.935. The van der Waals surface area contributed by atoms with Gasteiger partial charge in [-0.2, -0.15) is 0 Å². The number of para-hydroxylation sites is 2. The zero-order chi connectivity index (χ0) is 20.9. The van der Waals surface area contributed by atoms with E-state index >= 15 is 0 Å². The van der Waals surface area contributed by atoms with E-state index < -0.39 is 12.1 Å². The van der Waals surface area contributed by atoms with Gasteiger partial charge in [-0.3, -0.25) is 0 Å². The number of nitrogens with zero attached hydrogens (tertiary/aromatic N) is 2. The van der Waals surface area contributed by atoms with Crippen LogP contribution in [0.15, 0.2) is 47.5 Å². The van der Waals surface area contributed by atoms with E-state index in [1.807, 2.05) is 4.90 Å². The van der Waals surface area contributed by atoms with Crippen LogP contribution in [0.5, 0.6) is 5.75 Å². The molecule has 0 unspecified atom stereocenters. The summed E-state index contributed by atoms with van der Waals surface area (Å²) >= 11 is 0. The summed E-state index contributed by atoms with van der Waals surface area (Å²) in [6, 6.07) is 10.2. The summed E-state index contributed by atoms with van der Waals surface area (Å²) in [6.07, 6.45) is -4.83. The predicted molar refractivity (Wildman–Crippen MR) is 117 cm³/mol. The quantitative estimate of drug-likeness (QED) is 0.259. The van der Waals surface area contributed by atoms with Crippen LogP contribution in [0.3, 0.4) is 0 Å². The van der Waals surface area contributed by atoms with Crippen molar-refractivity contribution in [2.75, 3.05) is 36.5 Å². The predicted octanol–water partition coefficient (Wildman–Crippen LogP) is 4.11. The number of hydrogen-bond acceptors (Lipinski definition) is 4. The number of guanidine groups is 1. The van der Waals surface area contributed by atoms with Gasteiger partial charge in [0.05, 0.1) is 31.1 Å². The van der Waals surface area contributed by atoms with Crippen molar-refractivity contribution in [2.45, 2.75) is 12.9 Å². The molecular weight excluding hydrogens is 519 g/mol. The minimum Gasteiger partial charge on any atom is -0.404 e. The number of aliphatic imine (C=N–C) groups is 1. The first-order valence-corrected chi connectivity index (χ1v) is 8.85. The first kappa shape index (κ1) is 24.0. The second-order valence-corrected chi connectivity index (χ2v) is 6.26. The van der Waals surface area contributed by atoms with Crippen molar-refractivity contribution in [2.24, 2.45) is 10.7 Å². The van der Waals surface area contributed by atoms with E-state index in [0.717, 1.165) is 6.07 Å². The van der Waals surface area contributed by atoms with Gasteiger partial charge >= 0.3 is 6.36 Å². The van der Waals surface area contributed by atoms with Crippen LogP contribution in [0.1, 0.15) is 5.56 Å². The molecule has 0 aliphatic carbocycles. The van der Waals surface area contributed by atoms with Crippen LogP contribution >= 0.6 is 24.0 Å². The average molecular weight is 540 g/mol. The van der Waals surface area contributed by atoms with Gasteiger partial charge in [0, 0.05) is 13.1 Å². The van der Waals surface area contributed by atoms with Gasteiger partial charge in [0.1, 0.15) is 5.82 Å². The second kappa shape index (κ2) is 10.7. The SMILES string of the molecule is I.NC(=NCc1ccc(N2CCOCC2)c(F)c1)Nc1ccccc1OC(F)(F)F. The van der Waals surface area contributed by atoms with Gasteiger partial charge in [-0.1, -0.05) is 18.2 Å². The lowest BCUT2D eigenvalue weighted by Gasteiger charge is -2.29. The van der Waals surface area contributed by atoms with Crippen molar-refractivity contribution in [3.8, 4) is 5.75 Å². The third-order valence-corrected chi connectivity index (χ3v) is 4.17. The number of ether oxygens (including phenoxy) is 2. The molecule has 0 spiro atoms. The molecule has 1 heterocycles. The highest BCUT2D eigenvalue weighted by molar-refractivity contribution is 14.0. The molecule has 1 aliphatic rings. The first-order valence-electron chi connectivity index (χ1n) is 8.85. The van der Waals surface area contributed by atoms with Gasteiger partial charge in [-0.15, -0.1) is 37.1 Å². The van der Waals surface area contributed by atoms with Crippen molar-refractivity contribution < 1.29 is 27.0 Å². The monoisotopic (exact) mass is 540 g/mol. The molecule has 0 aromatic heterocycles. The molecule has 0 radical (unpaired) electrons. The van der Waals surface area contributed by atoms with Crippen LogP contribution in [0.4, 0.5) is 28.9 Å². The Hall–Kier alpha value is -2.28. The topological polar surface area (TPSA) is 72.1 Å². The Labute approximate surface area is 188 Å². The van der Waals surface area contributed by atoms with Gasteiger partial charge in [0.15, 0.2) is 11.7 Å². The lowest BCUT2D eigenvalue weighted by Crippen LogP contribution is -2.36. The Balaban J connectivity index is 0.00000320. The highest BCUT2D eigenvalue weighted by Gasteiger charge is 2.32. The zero-order valence-corrected chi connectivity index (χ0v) is 18.1. The van der Waals surface area contributed by atoms with E-state index in [2.05, 4.69) is 15.0 Å². The normalized spacial score (nSPS) is 14.8. The van der Waals surface area contributed by atoms with Crippen LogP contribution in [0.25, 0.3) is 0 Å². The van der Waals surface area contributed by atoms with E-state index in [1.165, 1.54) is 24.3 Å². The van der Waals surface area contributed by atoms with E-state index in [-0.39, 0.29) is 48.0 Å². The molecule has 0 amide bonds. The smallest absolute Gasteiger partial charge is 0.404 e. The number of nitrogens with two attached hydrogens (primary N) is 1. The number of benzene rings is 2. The number of anilines is 2. The summed E-state index contributed by atoms with van der Waals surface area (Å²) < 4.78 is 61.0. The summed E-state index contributed by atoms with van der Waals surface area (Å²) in [6.45, 7) is 2.39. The lowest BCUT2D eigenvalue weighted by atomic mass is 10.1. The third-order valence-electron chi connectivity index (χ3n) is 4.17. The van der Waals surface area contributed by atoms with Gasteiger partial charge in [-0.25, -0.2) is 9.38 Å². The molecule has 30 heavy (non-hydrogen) atoms. The van der Waals surface area contributed by atoms with E-state index in [0.29, 0.717) is 37.6 Å². The van der Waals surface area contributed by atoms with E-state index in [4.69, 9.17) is 10.5 Å².